The number of carbonyl (C=O) groups is 4. The van der Waals surface area contributed by atoms with E-state index in [1.54, 1.807) is 0 Å². The first-order valence-corrected chi connectivity index (χ1v) is 9.63. The molecule has 4 aliphatic carbocycles. The molecule has 4 bridgehead atoms. The molecule has 0 N–H and O–H groups in total. The number of amides is 4. The molecule has 8 atom stereocenters. The van der Waals surface area contributed by atoms with Gasteiger partial charge in [0.15, 0.2) is 0 Å². The summed E-state index contributed by atoms with van der Waals surface area (Å²) in [6, 6.07) is 0. The normalized spacial score (nSPS) is 47.1. The third-order valence-corrected chi connectivity index (χ3v) is 7.67. The summed E-state index contributed by atoms with van der Waals surface area (Å²) in [7, 11) is 0. The van der Waals surface area contributed by atoms with Crippen molar-refractivity contribution in [1.29, 1.82) is 0 Å². The first-order valence-electron chi connectivity index (χ1n) is 9.63. The fourth-order valence-corrected chi connectivity index (χ4v) is 6.57. The zero-order chi connectivity index (χ0) is 17.7. The summed E-state index contributed by atoms with van der Waals surface area (Å²) in [6.07, 6.45) is 10.1. The van der Waals surface area contributed by atoms with E-state index in [-0.39, 0.29) is 84.1 Å². The van der Waals surface area contributed by atoms with Crippen LogP contribution in [0.25, 0.3) is 0 Å². The average molecular weight is 352 g/mol. The molecular weight excluding hydrogens is 332 g/mol. The molecule has 6 heteroatoms. The largest absolute Gasteiger partial charge is 0.280 e. The van der Waals surface area contributed by atoms with E-state index in [9.17, 15) is 19.2 Å². The summed E-state index contributed by atoms with van der Waals surface area (Å²) in [4.78, 5) is 53.6. The lowest BCUT2D eigenvalue weighted by molar-refractivity contribution is -0.146. The summed E-state index contributed by atoms with van der Waals surface area (Å²) in [5.41, 5.74) is 0. The van der Waals surface area contributed by atoms with E-state index >= 15 is 0 Å². The van der Waals surface area contributed by atoms with Crippen molar-refractivity contribution in [3.63, 3.8) is 0 Å². The summed E-state index contributed by atoms with van der Waals surface area (Å²) in [5, 5.41) is 0. The first-order chi connectivity index (χ1) is 12.6. The van der Waals surface area contributed by atoms with Gasteiger partial charge in [0.2, 0.25) is 23.6 Å². The van der Waals surface area contributed by atoms with Gasteiger partial charge in [0.25, 0.3) is 0 Å². The molecule has 2 heterocycles. The third kappa shape index (κ3) is 1.59. The molecule has 2 saturated carbocycles. The van der Waals surface area contributed by atoms with E-state index in [2.05, 4.69) is 24.3 Å². The van der Waals surface area contributed by atoms with Crippen LogP contribution in [0.1, 0.15) is 12.8 Å². The Morgan fingerprint density at radius 1 is 0.577 bits per heavy atom. The highest BCUT2D eigenvalue weighted by Gasteiger charge is 2.61. The number of rotatable bonds is 3. The molecule has 4 amide bonds. The van der Waals surface area contributed by atoms with Crippen LogP contribution >= 0.6 is 0 Å². The van der Waals surface area contributed by atoms with Crippen LogP contribution in [0.4, 0.5) is 0 Å². The maximum absolute atomic E-state index is 12.7. The van der Waals surface area contributed by atoms with Crippen molar-refractivity contribution in [1.82, 2.24) is 9.80 Å². The number of imide groups is 2. The van der Waals surface area contributed by atoms with E-state index in [0.29, 0.717) is 0 Å². The molecule has 0 radical (unpaired) electrons. The minimum Gasteiger partial charge on any atom is -0.280 e. The van der Waals surface area contributed by atoms with Crippen LogP contribution in [0.2, 0.25) is 0 Å². The quantitative estimate of drug-likeness (QED) is 0.551. The summed E-state index contributed by atoms with van der Waals surface area (Å²) < 4.78 is 0. The molecule has 6 rings (SSSR count). The Bertz CT molecular complexity index is 702. The van der Waals surface area contributed by atoms with Gasteiger partial charge in [0.05, 0.1) is 23.7 Å². The monoisotopic (exact) mass is 352 g/mol. The van der Waals surface area contributed by atoms with Gasteiger partial charge in [0.1, 0.15) is 0 Å². The number of hydrogen-bond donors (Lipinski definition) is 0. The molecule has 134 valence electrons. The van der Waals surface area contributed by atoms with E-state index < -0.39 is 0 Å². The van der Waals surface area contributed by atoms with Gasteiger partial charge < -0.3 is 0 Å². The third-order valence-electron chi connectivity index (χ3n) is 7.67. The van der Waals surface area contributed by atoms with Crippen LogP contribution in [0.15, 0.2) is 24.3 Å². The second kappa shape index (κ2) is 4.72. The lowest BCUT2D eigenvalue weighted by Crippen LogP contribution is -2.42. The van der Waals surface area contributed by atoms with E-state index in [4.69, 9.17) is 0 Å². The van der Waals surface area contributed by atoms with Gasteiger partial charge in [-0.2, -0.15) is 0 Å². The molecule has 6 aliphatic rings. The SMILES string of the molecule is O=C1[C@@H]2[C@@H](C(=O)N1CCN1C(=O)[C@@H]3[C@H](C1=O)[C@@H]1C=C[C@H]3C1)[C@H]1C=C[C@H]2C1. The lowest BCUT2D eigenvalue weighted by atomic mass is 9.85. The number of carbonyl (C=O) groups excluding carboxylic acids is 4. The van der Waals surface area contributed by atoms with Crippen molar-refractivity contribution in [2.75, 3.05) is 13.1 Å². The fourth-order valence-electron chi connectivity index (χ4n) is 6.57. The number of hydrogen-bond acceptors (Lipinski definition) is 4. The molecular formula is C20H20N2O4. The Kier molecular flexibility index (Phi) is 2.70. The first kappa shape index (κ1) is 14.9. The van der Waals surface area contributed by atoms with Gasteiger partial charge in [-0.05, 0) is 36.5 Å². The second-order valence-corrected chi connectivity index (χ2v) is 8.66. The van der Waals surface area contributed by atoms with Crippen LogP contribution in [0.3, 0.4) is 0 Å². The molecule has 26 heavy (non-hydrogen) atoms. The fraction of sp³-hybridized carbons (Fsp3) is 0.600. The number of allylic oxidation sites excluding steroid dienone is 4. The van der Waals surface area contributed by atoms with Crippen LogP contribution in [0, 0.1) is 47.3 Å². The molecule has 6 nitrogen and oxygen atoms in total. The average Bonchev–Trinajstić information content (AvgIpc) is 3.43. The van der Waals surface area contributed by atoms with Gasteiger partial charge in [-0.1, -0.05) is 24.3 Å². The molecule has 0 aromatic heterocycles. The standard InChI is InChI=1S/C20H20N2O4/c23-17-13-9-1-2-10(7-9)14(13)18(24)21(17)5-6-22-19(25)15-11-3-4-12(8-11)16(15)20(22)26/h1-4,9-16H,5-8H2/t9-,10-,11-,12+,13-,14-,15-,16+/m0/s1. The highest BCUT2D eigenvalue weighted by Crippen LogP contribution is 2.53. The number of fused-ring (bicyclic) bond motifs is 10. The highest BCUT2D eigenvalue weighted by atomic mass is 16.2. The maximum atomic E-state index is 12.7. The second-order valence-electron chi connectivity index (χ2n) is 8.66. The topological polar surface area (TPSA) is 74.8 Å². The van der Waals surface area contributed by atoms with Crippen LogP contribution in [-0.2, 0) is 19.2 Å². The predicted molar refractivity (Wildman–Crippen MR) is 88.9 cm³/mol. The lowest BCUT2D eigenvalue weighted by Gasteiger charge is -2.22. The van der Waals surface area contributed by atoms with Gasteiger partial charge in [-0.3, -0.25) is 29.0 Å². The van der Waals surface area contributed by atoms with Crippen molar-refractivity contribution in [3.05, 3.63) is 24.3 Å². The summed E-state index contributed by atoms with van der Waals surface area (Å²) in [6.45, 7) is 0.285. The minimum absolute atomic E-state index is 0.113. The number of likely N-dealkylation sites (tertiary alicyclic amines) is 2. The Morgan fingerprint density at radius 2 is 0.846 bits per heavy atom. The Labute approximate surface area is 150 Å². The van der Waals surface area contributed by atoms with E-state index in [0.717, 1.165) is 12.8 Å². The minimum atomic E-state index is -0.220. The molecule has 2 aliphatic heterocycles. The van der Waals surface area contributed by atoms with Crippen molar-refractivity contribution in [2.45, 2.75) is 12.8 Å². The predicted octanol–water partition coefficient (Wildman–Crippen LogP) is 0.601. The van der Waals surface area contributed by atoms with E-state index in [1.165, 1.54) is 9.80 Å². The molecule has 0 unspecified atom stereocenters. The van der Waals surface area contributed by atoms with Crippen molar-refractivity contribution in [3.8, 4) is 0 Å². The van der Waals surface area contributed by atoms with Gasteiger partial charge in [-0.25, -0.2) is 0 Å². The Hall–Kier alpha value is -2.24. The van der Waals surface area contributed by atoms with Crippen molar-refractivity contribution >= 4 is 23.6 Å². The van der Waals surface area contributed by atoms with Crippen LogP contribution < -0.4 is 0 Å². The van der Waals surface area contributed by atoms with Crippen LogP contribution in [-0.4, -0.2) is 46.5 Å². The molecule has 0 spiro atoms. The van der Waals surface area contributed by atoms with Gasteiger partial charge >= 0.3 is 0 Å². The number of nitrogens with zero attached hydrogens (tertiary/aromatic N) is 2. The van der Waals surface area contributed by atoms with Crippen molar-refractivity contribution in [2.24, 2.45) is 47.3 Å². The molecule has 4 fully saturated rings. The van der Waals surface area contributed by atoms with Gasteiger partial charge in [0, 0.05) is 13.1 Å². The molecule has 0 aromatic rings. The zero-order valence-corrected chi connectivity index (χ0v) is 14.3. The van der Waals surface area contributed by atoms with Gasteiger partial charge in [-0.15, -0.1) is 0 Å². The summed E-state index contributed by atoms with van der Waals surface area (Å²) in [5.74, 6) is -0.602. The molecule has 0 aromatic carbocycles. The highest BCUT2D eigenvalue weighted by molar-refractivity contribution is 6.08. The Morgan fingerprint density at radius 3 is 1.12 bits per heavy atom. The smallest absolute Gasteiger partial charge is 0.233 e. The molecule has 2 saturated heterocycles. The Balaban J connectivity index is 1.19. The summed E-state index contributed by atoms with van der Waals surface area (Å²) >= 11 is 0. The zero-order valence-electron chi connectivity index (χ0n) is 14.3. The van der Waals surface area contributed by atoms with Crippen molar-refractivity contribution < 1.29 is 19.2 Å². The van der Waals surface area contributed by atoms with Crippen LogP contribution in [0.5, 0.6) is 0 Å². The maximum Gasteiger partial charge on any atom is 0.233 e. The van der Waals surface area contributed by atoms with E-state index in [1.807, 2.05) is 0 Å².